The lowest BCUT2D eigenvalue weighted by molar-refractivity contribution is -0.384. The Balaban J connectivity index is 1.71. The third-order valence-electron chi connectivity index (χ3n) is 5.39. The Labute approximate surface area is 156 Å². The molecule has 0 spiro atoms. The minimum Gasteiger partial charge on any atom is -0.330 e. The van der Waals surface area contributed by atoms with Crippen molar-refractivity contribution in [3.63, 3.8) is 0 Å². The first-order valence-electron chi connectivity index (χ1n) is 8.96. The molecule has 1 aliphatic heterocycles. The number of carbonyl (C=O) groups excluding carboxylic acids is 1. The zero-order chi connectivity index (χ0) is 19.1. The molecule has 3 aromatic rings. The summed E-state index contributed by atoms with van der Waals surface area (Å²) in [5.41, 5.74) is 4.35. The van der Waals surface area contributed by atoms with E-state index in [0.29, 0.717) is 17.4 Å². The molecule has 1 saturated heterocycles. The maximum absolute atomic E-state index is 13.2. The molecular formula is C20H20N4O3. The second kappa shape index (κ2) is 6.50. The molecule has 1 unspecified atom stereocenters. The Morgan fingerprint density at radius 2 is 2.04 bits per heavy atom. The summed E-state index contributed by atoms with van der Waals surface area (Å²) >= 11 is 0. The van der Waals surface area contributed by atoms with E-state index in [0.717, 1.165) is 18.4 Å². The molecule has 7 heteroatoms. The van der Waals surface area contributed by atoms with Crippen molar-refractivity contribution in [2.45, 2.75) is 32.7 Å². The van der Waals surface area contributed by atoms with Crippen LogP contribution in [0.3, 0.4) is 0 Å². The van der Waals surface area contributed by atoms with E-state index < -0.39 is 4.92 Å². The number of nitrogens with one attached hydrogen (secondary N) is 1. The van der Waals surface area contributed by atoms with Crippen LogP contribution >= 0.6 is 0 Å². The molecule has 7 nitrogen and oxygen atoms in total. The fraction of sp³-hybridized carbons (Fsp3) is 0.300. The third kappa shape index (κ3) is 2.95. The Morgan fingerprint density at radius 3 is 2.78 bits per heavy atom. The first-order chi connectivity index (χ1) is 13.0. The molecule has 2 heterocycles. The molecule has 0 saturated carbocycles. The number of benzene rings is 2. The highest BCUT2D eigenvalue weighted by Gasteiger charge is 2.33. The highest BCUT2D eigenvalue weighted by molar-refractivity contribution is 6.05. The molecule has 0 bridgehead atoms. The van der Waals surface area contributed by atoms with E-state index in [1.165, 1.54) is 23.3 Å². The monoisotopic (exact) mass is 364 g/mol. The third-order valence-corrected chi connectivity index (χ3v) is 5.39. The van der Waals surface area contributed by atoms with Crippen LogP contribution in [0.2, 0.25) is 0 Å². The standard InChI is InChI=1S/C20H20N4O3/c1-12-5-6-14(10-13(12)2)18-4-3-9-23(18)20(25)19-16-11-15(24(26)27)7-8-17(16)21-22-19/h5-8,10-11,18H,3-4,9H2,1-2H3,(H,21,22). The Kier molecular flexibility index (Phi) is 4.14. The van der Waals surface area contributed by atoms with Crippen molar-refractivity contribution in [2.75, 3.05) is 6.54 Å². The summed E-state index contributed by atoms with van der Waals surface area (Å²) in [5.74, 6) is -0.192. The number of amides is 1. The number of nitro groups is 1. The normalized spacial score (nSPS) is 16.8. The van der Waals surface area contributed by atoms with Crippen molar-refractivity contribution in [1.82, 2.24) is 15.1 Å². The number of likely N-dealkylation sites (tertiary alicyclic amines) is 1. The zero-order valence-corrected chi connectivity index (χ0v) is 15.2. The van der Waals surface area contributed by atoms with Crippen molar-refractivity contribution >= 4 is 22.5 Å². The molecule has 27 heavy (non-hydrogen) atoms. The van der Waals surface area contributed by atoms with Gasteiger partial charge in [0.15, 0.2) is 5.69 Å². The van der Waals surface area contributed by atoms with Crippen LogP contribution < -0.4 is 0 Å². The Hall–Kier alpha value is -3.22. The summed E-state index contributed by atoms with van der Waals surface area (Å²) in [5, 5.41) is 18.5. The van der Waals surface area contributed by atoms with Crippen molar-refractivity contribution in [1.29, 1.82) is 0 Å². The van der Waals surface area contributed by atoms with E-state index in [2.05, 4.69) is 42.2 Å². The minimum absolute atomic E-state index is 0.00208. The topological polar surface area (TPSA) is 92.1 Å². The number of hydrogen-bond donors (Lipinski definition) is 1. The summed E-state index contributed by atoms with van der Waals surface area (Å²) in [6, 6.07) is 10.7. The van der Waals surface area contributed by atoms with Gasteiger partial charge in [0.25, 0.3) is 11.6 Å². The predicted molar refractivity (Wildman–Crippen MR) is 102 cm³/mol. The van der Waals surface area contributed by atoms with Crippen LogP contribution in [0, 0.1) is 24.0 Å². The van der Waals surface area contributed by atoms with E-state index >= 15 is 0 Å². The number of aromatic nitrogens is 2. The quantitative estimate of drug-likeness (QED) is 0.560. The highest BCUT2D eigenvalue weighted by atomic mass is 16.6. The van der Waals surface area contributed by atoms with Gasteiger partial charge in [-0.3, -0.25) is 20.0 Å². The van der Waals surface area contributed by atoms with Crippen LogP contribution in [0.5, 0.6) is 0 Å². The second-order valence-corrected chi connectivity index (χ2v) is 7.06. The first kappa shape index (κ1) is 17.2. The lowest BCUT2D eigenvalue weighted by atomic mass is 9.99. The molecule has 2 aromatic carbocycles. The summed E-state index contributed by atoms with van der Waals surface area (Å²) in [6.45, 7) is 4.79. The number of nitrogens with zero attached hydrogens (tertiary/aromatic N) is 3. The number of nitro benzene ring substituents is 1. The van der Waals surface area contributed by atoms with Crippen molar-refractivity contribution in [3.05, 3.63) is 68.9 Å². The van der Waals surface area contributed by atoms with Gasteiger partial charge < -0.3 is 4.90 Å². The van der Waals surface area contributed by atoms with Crippen LogP contribution in [0.1, 0.15) is 46.1 Å². The Morgan fingerprint density at radius 1 is 1.22 bits per heavy atom. The van der Waals surface area contributed by atoms with Gasteiger partial charge in [0.05, 0.1) is 16.5 Å². The van der Waals surface area contributed by atoms with E-state index in [1.807, 2.05) is 4.90 Å². The van der Waals surface area contributed by atoms with Gasteiger partial charge in [0.1, 0.15) is 0 Å². The second-order valence-electron chi connectivity index (χ2n) is 7.06. The minimum atomic E-state index is -0.464. The number of H-pyrrole nitrogens is 1. The van der Waals surface area contributed by atoms with E-state index in [4.69, 9.17) is 0 Å². The summed E-state index contributed by atoms with van der Waals surface area (Å²) in [7, 11) is 0. The average molecular weight is 364 g/mol. The summed E-state index contributed by atoms with van der Waals surface area (Å²) in [6.07, 6.45) is 1.82. The molecule has 1 N–H and O–H groups in total. The van der Waals surface area contributed by atoms with Gasteiger partial charge >= 0.3 is 0 Å². The first-order valence-corrected chi connectivity index (χ1v) is 8.96. The molecule has 138 valence electrons. The van der Waals surface area contributed by atoms with Crippen LogP contribution in [0.15, 0.2) is 36.4 Å². The summed E-state index contributed by atoms with van der Waals surface area (Å²) < 4.78 is 0. The van der Waals surface area contributed by atoms with Gasteiger partial charge in [0.2, 0.25) is 0 Å². The molecule has 0 radical (unpaired) electrons. The van der Waals surface area contributed by atoms with Gasteiger partial charge in [-0.15, -0.1) is 0 Å². The predicted octanol–water partition coefficient (Wildman–Crippen LogP) is 4.07. The summed E-state index contributed by atoms with van der Waals surface area (Å²) in [4.78, 5) is 25.7. The van der Waals surface area contributed by atoms with Gasteiger partial charge in [-0.25, -0.2) is 0 Å². The molecule has 4 rings (SSSR count). The zero-order valence-electron chi connectivity index (χ0n) is 15.2. The molecule has 0 aliphatic carbocycles. The number of rotatable bonds is 3. The molecule has 1 atom stereocenters. The highest BCUT2D eigenvalue weighted by Crippen LogP contribution is 2.35. The molecular weight excluding hydrogens is 344 g/mol. The van der Waals surface area contributed by atoms with E-state index in [-0.39, 0.29) is 23.3 Å². The molecule has 1 aliphatic rings. The number of hydrogen-bond acceptors (Lipinski definition) is 4. The number of carbonyl (C=O) groups is 1. The lowest BCUT2D eigenvalue weighted by Crippen LogP contribution is -2.31. The van der Waals surface area contributed by atoms with E-state index in [9.17, 15) is 14.9 Å². The number of fused-ring (bicyclic) bond motifs is 1. The van der Waals surface area contributed by atoms with Crippen LogP contribution in [0.25, 0.3) is 10.9 Å². The fourth-order valence-electron chi connectivity index (χ4n) is 3.74. The SMILES string of the molecule is Cc1ccc(C2CCCN2C(=O)c2n[nH]c3ccc([N+](=O)[O-])cc23)cc1C. The van der Waals surface area contributed by atoms with E-state index in [1.54, 1.807) is 6.07 Å². The number of aryl methyl sites for hydroxylation is 2. The number of non-ortho nitro benzene ring substituents is 1. The molecule has 1 aromatic heterocycles. The van der Waals surface area contributed by atoms with Gasteiger partial charge in [0, 0.05) is 24.1 Å². The van der Waals surface area contributed by atoms with Gasteiger partial charge in [-0.1, -0.05) is 18.2 Å². The number of aromatic amines is 1. The van der Waals surface area contributed by atoms with Crippen molar-refractivity contribution in [2.24, 2.45) is 0 Å². The smallest absolute Gasteiger partial charge is 0.275 e. The van der Waals surface area contributed by atoms with Crippen molar-refractivity contribution in [3.8, 4) is 0 Å². The fourth-order valence-corrected chi connectivity index (χ4v) is 3.74. The van der Waals surface area contributed by atoms with Gasteiger partial charge in [-0.05, 0) is 49.4 Å². The van der Waals surface area contributed by atoms with Gasteiger partial charge in [-0.2, -0.15) is 5.10 Å². The largest absolute Gasteiger partial charge is 0.330 e. The van der Waals surface area contributed by atoms with Crippen molar-refractivity contribution < 1.29 is 9.72 Å². The molecule has 1 amide bonds. The Bertz CT molecular complexity index is 1060. The molecule has 1 fully saturated rings. The average Bonchev–Trinajstić information content (AvgIpc) is 3.29. The maximum atomic E-state index is 13.2. The maximum Gasteiger partial charge on any atom is 0.275 e. The van der Waals surface area contributed by atoms with Crippen LogP contribution in [-0.2, 0) is 0 Å². The lowest BCUT2D eigenvalue weighted by Gasteiger charge is -2.25. The van der Waals surface area contributed by atoms with Crippen LogP contribution in [-0.4, -0.2) is 32.5 Å². The van der Waals surface area contributed by atoms with Crippen LogP contribution in [0.4, 0.5) is 5.69 Å².